The fourth-order valence-electron chi connectivity index (χ4n) is 4.29. The van der Waals surface area contributed by atoms with Gasteiger partial charge in [0.05, 0.1) is 22.8 Å². The maximum atomic E-state index is 13.9. The minimum atomic E-state index is -1.26. The molecule has 0 amide bonds. The summed E-state index contributed by atoms with van der Waals surface area (Å²) in [6.45, 7) is 6.91. The molecule has 0 saturated heterocycles. The smallest absolute Gasteiger partial charge is 0.439 e. The van der Waals surface area contributed by atoms with Crippen molar-refractivity contribution in [2.45, 2.75) is 39.9 Å². The van der Waals surface area contributed by atoms with Crippen molar-refractivity contribution in [3.05, 3.63) is 91.8 Å². The molecule has 188 valence electrons. The molecule has 0 fully saturated rings. The number of anilines is 1. The Bertz CT molecular complexity index is 1740. The number of halogens is 1. The molecular formula is C27H24FN5O4. The van der Waals surface area contributed by atoms with Gasteiger partial charge in [0.25, 0.3) is 0 Å². The third-order valence-corrected chi connectivity index (χ3v) is 6.11. The number of aromatic nitrogens is 4. The van der Waals surface area contributed by atoms with E-state index in [1.807, 2.05) is 19.9 Å². The van der Waals surface area contributed by atoms with Gasteiger partial charge in [-0.05, 0) is 63.6 Å². The number of nitrogens with zero attached hydrogens (tertiary/aromatic N) is 3. The standard InChI is InChI=1S/C27H24FN5O4/c1-13-11-17(16(4)30-20-9-6-10-29-22(20)26-32-27(35)37-33-26)25-18(12-13)23(34)14(2)24(36-25)21-8-5-7-19(31-21)15(3)28/h5-12,15-16,30H,1-4H3,(H,32,33,35). The molecule has 2 N–H and O–H groups in total. The second-order valence-corrected chi connectivity index (χ2v) is 8.89. The molecule has 2 unspecified atom stereocenters. The van der Waals surface area contributed by atoms with E-state index in [9.17, 15) is 14.0 Å². The van der Waals surface area contributed by atoms with Crippen molar-refractivity contribution in [3.63, 3.8) is 0 Å². The summed E-state index contributed by atoms with van der Waals surface area (Å²) < 4.78 is 24.9. The molecule has 0 spiro atoms. The Morgan fingerprint density at radius 2 is 1.89 bits per heavy atom. The van der Waals surface area contributed by atoms with Crippen LogP contribution in [0.4, 0.5) is 10.1 Å². The third kappa shape index (κ3) is 4.53. The van der Waals surface area contributed by atoms with Gasteiger partial charge in [0, 0.05) is 17.3 Å². The van der Waals surface area contributed by atoms with Gasteiger partial charge >= 0.3 is 5.76 Å². The van der Waals surface area contributed by atoms with E-state index in [4.69, 9.17) is 4.42 Å². The molecule has 9 nitrogen and oxygen atoms in total. The Morgan fingerprint density at radius 3 is 2.62 bits per heavy atom. The van der Waals surface area contributed by atoms with Gasteiger partial charge in [-0.15, -0.1) is 0 Å². The van der Waals surface area contributed by atoms with Gasteiger partial charge in [-0.1, -0.05) is 17.3 Å². The van der Waals surface area contributed by atoms with E-state index in [2.05, 4.69) is 29.9 Å². The van der Waals surface area contributed by atoms with E-state index in [1.54, 1.807) is 49.5 Å². The molecule has 37 heavy (non-hydrogen) atoms. The van der Waals surface area contributed by atoms with E-state index >= 15 is 0 Å². The third-order valence-electron chi connectivity index (χ3n) is 6.11. The van der Waals surface area contributed by atoms with Crippen LogP contribution in [-0.2, 0) is 0 Å². The summed E-state index contributed by atoms with van der Waals surface area (Å²) >= 11 is 0. The molecule has 2 atom stereocenters. The van der Waals surface area contributed by atoms with Crippen molar-refractivity contribution >= 4 is 16.7 Å². The largest absolute Gasteiger partial charge is 0.454 e. The second-order valence-electron chi connectivity index (χ2n) is 8.89. The quantitative estimate of drug-likeness (QED) is 0.316. The highest BCUT2D eigenvalue weighted by atomic mass is 19.1. The Hall–Kier alpha value is -4.60. The Labute approximate surface area is 210 Å². The Morgan fingerprint density at radius 1 is 1.08 bits per heavy atom. The molecule has 4 heterocycles. The van der Waals surface area contributed by atoms with E-state index < -0.39 is 11.9 Å². The highest BCUT2D eigenvalue weighted by Crippen LogP contribution is 2.33. The SMILES string of the molecule is Cc1cc(C(C)Nc2cccnc2-c2noc(=O)[nH]2)c2oc(-c3cccc(C(C)F)n3)c(C)c(=O)c2c1. The molecule has 0 saturated carbocycles. The van der Waals surface area contributed by atoms with Gasteiger partial charge in [-0.2, -0.15) is 0 Å². The molecule has 1 aromatic carbocycles. The molecule has 5 aromatic rings. The number of fused-ring (bicyclic) bond motifs is 1. The maximum Gasteiger partial charge on any atom is 0.439 e. The summed E-state index contributed by atoms with van der Waals surface area (Å²) in [6.07, 6.45) is 0.316. The lowest BCUT2D eigenvalue weighted by atomic mass is 9.99. The van der Waals surface area contributed by atoms with Gasteiger partial charge < -0.3 is 9.73 Å². The normalized spacial score (nSPS) is 13.0. The highest BCUT2D eigenvalue weighted by molar-refractivity contribution is 5.84. The van der Waals surface area contributed by atoms with E-state index in [1.165, 1.54) is 6.92 Å². The van der Waals surface area contributed by atoms with Crippen LogP contribution in [0.15, 0.2) is 67.2 Å². The molecule has 4 aromatic heterocycles. The predicted molar refractivity (Wildman–Crippen MR) is 137 cm³/mol. The van der Waals surface area contributed by atoms with Crippen LogP contribution < -0.4 is 16.5 Å². The number of aromatic amines is 1. The summed E-state index contributed by atoms with van der Waals surface area (Å²) in [5.74, 6) is -0.208. The first-order valence-corrected chi connectivity index (χ1v) is 11.7. The number of alkyl halides is 1. The van der Waals surface area contributed by atoms with Crippen LogP contribution >= 0.6 is 0 Å². The van der Waals surface area contributed by atoms with Crippen molar-refractivity contribution in [2.24, 2.45) is 0 Å². The molecule has 0 aliphatic heterocycles. The van der Waals surface area contributed by atoms with Gasteiger partial charge in [-0.25, -0.2) is 14.2 Å². The topological polar surface area (TPSA) is 127 Å². The Balaban J connectivity index is 1.64. The zero-order chi connectivity index (χ0) is 26.3. The minimum absolute atomic E-state index is 0.184. The molecular weight excluding hydrogens is 477 g/mol. The van der Waals surface area contributed by atoms with Crippen molar-refractivity contribution in [3.8, 4) is 23.0 Å². The van der Waals surface area contributed by atoms with Crippen molar-refractivity contribution in [2.75, 3.05) is 5.32 Å². The number of pyridine rings is 2. The predicted octanol–water partition coefficient (Wildman–Crippen LogP) is 5.41. The highest BCUT2D eigenvalue weighted by Gasteiger charge is 2.21. The van der Waals surface area contributed by atoms with Crippen molar-refractivity contribution in [1.82, 2.24) is 20.1 Å². The Kier molecular flexibility index (Phi) is 6.16. The number of nitrogens with one attached hydrogen (secondary N) is 2. The summed E-state index contributed by atoms with van der Waals surface area (Å²) in [5, 5.41) is 7.55. The van der Waals surface area contributed by atoms with Crippen LogP contribution in [0, 0.1) is 13.8 Å². The van der Waals surface area contributed by atoms with E-state index in [0.29, 0.717) is 39.4 Å². The first-order valence-electron chi connectivity index (χ1n) is 11.7. The number of H-pyrrole nitrogens is 1. The number of hydrogen-bond donors (Lipinski definition) is 2. The maximum absolute atomic E-state index is 13.9. The van der Waals surface area contributed by atoms with E-state index in [-0.39, 0.29) is 23.0 Å². The lowest BCUT2D eigenvalue weighted by Gasteiger charge is -2.19. The first kappa shape index (κ1) is 24.1. The van der Waals surface area contributed by atoms with Gasteiger partial charge in [0.2, 0.25) is 5.82 Å². The average molecular weight is 502 g/mol. The average Bonchev–Trinajstić information content (AvgIpc) is 3.32. The minimum Gasteiger partial charge on any atom is -0.454 e. The zero-order valence-corrected chi connectivity index (χ0v) is 20.6. The number of hydrogen-bond acceptors (Lipinski definition) is 8. The van der Waals surface area contributed by atoms with Crippen LogP contribution in [-0.4, -0.2) is 20.1 Å². The first-order chi connectivity index (χ1) is 17.7. The van der Waals surface area contributed by atoms with Crippen molar-refractivity contribution in [1.29, 1.82) is 0 Å². The van der Waals surface area contributed by atoms with Crippen molar-refractivity contribution < 1.29 is 13.3 Å². The lowest BCUT2D eigenvalue weighted by Crippen LogP contribution is -2.13. The molecule has 0 radical (unpaired) electrons. The van der Waals surface area contributed by atoms with Crippen LogP contribution in [0.2, 0.25) is 0 Å². The summed E-state index contributed by atoms with van der Waals surface area (Å²) in [4.78, 5) is 36.1. The molecule has 0 aliphatic rings. The van der Waals surface area contributed by atoms with Crippen LogP contribution in [0.1, 0.15) is 48.4 Å². The number of rotatable bonds is 6. The molecule has 0 bridgehead atoms. The molecule has 5 rings (SSSR count). The summed E-state index contributed by atoms with van der Waals surface area (Å²) in [5.41, 5.74) is 3.86. The van der Waals surface area contributed by atoms with Crippen LogP contribution in [0.3, 0.4) is 0 Å². The molecule has 0 aliphatic carbocycles. The monoisotopic (exact) mass is 501 g/mol. The van der Waals surface area contributed by atoms with E-state index in [0.717, 1.165) is 11.1 Å². The fraction of sp³-hybridized carbons (Fsp3) is 0.222. The number of aryl methyl sites for hydroxylation is 1. The second kappa shape index (κ2) is 9.45. The fourth-order valence-corrected chi connectivity index (χ4v) is 4.29. The van der Waals surface area contributed by atoms with Gasteiger partial charge in [-0.3, -0.25) is 19.3 Å². The number of benzene rings is 1. The summed E-state index contributed by atoms with van der Waals surface area (Å²) in [7, 11) is 0. The lowest BCUT2D eigenvalue weighted by molar-refractivity contribution is 0.366. The van der Waals surface area contributed by atoms with Gasteiger partial charge in [0.15, 0.2) is 11.2 Å². The van der Waals surface area contributed by atoms with Crippen LogP contribution in [0.5, 0.6) is 0 Å². The summed E-state index contributed by atoms with van der Waals surface area (Å²) in [6, 6.07) is 11.9. The zero-order valence-electron chi connectivity index (χ0n) is 20.6. The molecule has 10 heteroatoms. The van der Waals surface area contributed by atoms with Gasteiger partial charge in [0.1, 0.15) is 23.1 Å². The van der Waals surface area contributed by atoms with Crippen LogP contribution in [0.25, 0.3) is 33.9 Å².